The third kappa shape index (κ3) is 3.80. The van der Waals surface area contributed by atoms with E-state index in [-0.39, 0.29) is 16.5 Å². The Morgan fingerprint density at radius 2 is 1.95 bits per heavy atom. The molecule has 0 bridgehead atoms. The average molecular weight is 362 g/mol. The Balaban J connectivity index is 2.21. The summed E-state index contributed by atoms with van der Waals surface area (Å²) in [6.45, 7) is 0. The van der Waals surface area contributed by atoms with E-state index in [9.17, 15) is 13.6 Å². The lowest BCUT2D eigenvalue weighted by molar-refractivity contribution is -0.139. The van der Waals surface area contributed by atoms with Gasteiger partial charge in [-0.25, -0.2) is 8.78 Å². The second kappa shape index (κ2) is 6.40. The summed E-state index contributed by atoms with van der Waals surface area (Å²) in [5.41, 5.74) is 5.74. The van der Waals surface area contributed by atoms with Crippen LogP contribution in [0.2, 0.25) is 0 Å². The zero-order chi connectivity index (χ0) is 15.6. The first-order valence-corrected chi connectivity index (χ1v) is 7.74. The van der Waals surface area contributed by atoms with Crippen molar-refractivity contribution < 1.29 is 18.7 Å². The monoisotopic (exact) mass is 361 g/mol. The normalized spacial score (nSPS) is 18.7. The van der Waals surface area contributed by atoms with Gasteiger partial charge in [0.2, 0.25) is 0 Å². The second-order valence-corrected chi connectivity index (χ2v) is 6.73. The van der Waals surface area contributed by atoms with E-state index in [2.05, 4.69) is 15.9 Å². The molecule has 0 aliphatic heterocycles. The number of hydrogen-bond donors (Lipinski definition) is 2. The summed E-state index contributed by atoms with van der Waals surface area (Å²) in [5.74, 6) is -2.01. The smallest absolute Gasteiger partial charge is 0.303 e. The Kier molecular flexibility index (Phi) is 4.99. The van der Waals surface area contributed by atoms with Gasteiger partial charge in [0.25, 0.3) is 0 Å². The van der Waals surface area contributed by atoms with E-state index in [1.807, 2.05) is 0 Å². The molecule has 116 valence electrons. The average Bonchev–Trinajstić information content (AvgIpc) is 2.80. The van der Waals surface area contributed by atoms with Gasteiger partial charge in [-0.3, -0.25) is 4.79 Å². The van der Waals surface area contributed by atoms with Crippen molar-refractivity contribution >= 4 is 21.9 Å². The fourth-order valence-electron chi connectivity index (χ4n) is 3.30. The van der Waals surface area contributed by atoms with Crippen molar-refractivity contribution in [3.8, 4) is 0 Å². The van der Waals surface area contributed by atoms with Gasteiger partial charge in [0.1, 0.15) is 11.6 Å². The zero-order valence-corrected chi connectivity index (χ0v) is 13.1. The van der Waals surface area contributed by atoms with E-state index < -0.39 is 29.1 Å². The second-order valence-electron chi connectivity index (χ2n) is 5.88. The third-order valence-electron chi connectivity index (χ3n) is 4.28. The molecule has 0 spiro atoms. The number of halogens is 3. The summed E-state index contributed by atoms with van der Waals surface area (Å²) >= 11 is 2.93. The highest BCUT2D eigenvalue weighted by atomic mass is 79.9. The summed E-state index contributed by atoms with van der Waals surface area (Å²) in [6.07, 6.45) is 3.84. The third-order valence-corrected chi connectivity index (χ3v) is 4.89. The molecule has 1 saturated carbocycles. The SMILES string of the molecule is NC(CC1(CC(=O)O)CCCC1)c1cc(F)c(Br)cc1F. The van der Waals surface area contributed by atoms with E-state index >= 15 is 0 Å². The van der Waals surface area contributed by atoms with E-state index in [4.69, 9.17) is 10.8 Å². The van der Waals surface area contributed by atoms with Gasteiger partial charge in [0.15, 0.2) is 0 Å². The molecule has 0 saturated heterocycles. The first kappa shape index (κ1) is 16.4. The molecule has 1 fully saturated rings. The molecule has 1 aromatic rings. The fourth-order valence-corrected chi connectivity index (χ4v) is 3.61. The number of carboxylic acids is 1. The van der Waals surface area contributed by atoms with Crippen molar-refractivity contribution in [2.75, 3.05) is 0 Å². The Morgan fingerprint density at radius 1 is 1.33 bits per heavy atom. The highest BCUT2D eigenvalue weighted by Crippen LogP contribution is 2.47. The molecule has 2 rings (SSSR count). The van der Waals surface area contributed by atoms with Gasteiger partial charge in [0.05, 0.1) is 10.9 Å². The van der Waals surface area contributed by atoms with Gasteiger partial charge in [-0.2, -0.15) is 0 Å². The van der Waals surface area contributed by atoms with Gasteiger partial charge in [-0.1, -0.05) is 12.8 Å². The molecular formula is C15H18BrF2NO2. The van der Waals surface area contributed by atoms with E-state index in [1.54, 1.807) is 0 Å². The molecule has 3 N–H and O–H groups in total. The highest BCUT2D eigenvalue weighted by molar-refractivity contribution is 9.10. The minimum atomic E-state index is -0.869. The molecule has 21 heavy (non-hydrogen) atoms. The molecule has 0 aromatic heterocycles. The van der Waals surface area contributed by atoms with Crippen LogP contribution in [0.1, 0.15) is 50.1 Å². The standard InChI is InChI=1S/C15H18BrF2NO2/c16-10-6-11(17)9(5-12(10)18)13(19)7-15(8-14(20)21)3-1-2-4-15/h5-6,13H,1-4,7-8,19H2,(H,20,21). The van der Waals surface area contributed by atoms with Crippen LogP contribution in [0.3, 0.4) is 0 Å². The molecule has 1 aliphatic carbocycles. The quantitative estimate of drug-likeness (QED) is 0.774. The van der Waals surface area contributed by atoms with Crippen LogP contribution < -0.4 is 5.73 Å². The topological polar surface area (TPSA) is 63.3 Å². The predicted octanol–water partition coefficient (Wildman–Crippen LogP) is 4.15. The first-order chi connectivity index (χ1) is 9.83. The van der Waals surface area contributed by atoms with Crippen LogP contribution in [0, 0.1) is 17.0 Å². The zero-order valence-electron chi connectivity index (χ0n) is 11.5. The molecule has 1 aromatic carbocycles. The summed E-state index contributed by atoms with van der Waals surface area (Å²) < 4.78 is 27.6. The minimum Gasteiger partial charge on any atom is -0.481 e. The van der Waals surface area contributed by atoms with Gasteiger partial charge in [-0.05, 0) is 52.7 Å². The van der Waals surface area contributed by atoms with E-state index in [1.165, 1.54) is 0 Å². The minimum absolute atomic E-state index is 0.0291. The van der Waals surface area contributed by atoms with Gasteiger partial charge < -0.3 is 10.8 Å². The molecule has 0 amide bonds. The Bertz CT molecular complexity index is 545. The largest absolute Gasteiger partial charge is 0.481 e. The molecule has 6 heteroatoms. The van der Waals surface area contributed by atoms with Gasteiger partial charge >= 0.3 is 5.97 Å². The summed E-state index contributed by atoms with van der Waals surface area (Å²) in [6, 6.07) is 1.45. The van der Waals surface area contributed by atoms with Gasteiger partial charge in [0, 0.05) is 11.6 Å². The van der Waals surface area contributed by atoms with Crippen molar-refractivity contribution in [1.29, 1.82) is 0 Å². The van der Waals surface area contributed by atoms with E-state index in [0.29, 0.717) is 6.42 Å². The molecule has 3 nitrogen and oxygen atoms in total. The van der Waals surface area contributed by atoms with Crippen LogP contribution in [0.4, 0.5) is 8.78 Å². The molecule has 1 aliphatic rings. The molecule has 0 heterocycles. The Labute approximate surface area is 130 Å². The van der Waals surface area contributed by atoms with Crippen LogP contribution in [0.25, 0.3) is 0 Å². The van der Waals surface area contributed by atoms with Crippen molar-refractivity contribution in [1.82, 2.24) is 0 Å². The first-order valence-electron chi connectivity index (χ1n) is 6.95. The van der Waals surface area contributed by atoms with Crippen LogP contribution >= 0.6 is 15.9 Å². The molecule has 1 unspecified atom stereocenters. The summed E-state index contributed by atoms with van der Waals surface area (Å²) in [4.78, 5) is 11.1. The highest BCUT2D eigenvalue weighted by Gasteiger charge is 2.38. The number of hydrogen-bond acceptors (Lipinski definition) is 2. The Hall–Kier alpha value is -1.01. The lowest BCUT2D eigenvalue weighted by Gasteiger charge is -2.30. The van der Waals surface area contributed by atoms with E-state index in [0.717, 1.165) is 37.8 Å². The maximum absolute atomic E-state index is 13.9. The van der Waals surface area contributed by atoms with Crippen molar-refractivity contribution in [3.05, 3.63) is 33.8 Å². The maximum Gasteiger partial charge on any atom is 0.303 e. The number of nitrogens with two attached hydrogens (primary N) is 1. The lowest BCUT2D eigenvalue weighted by atomic mass is 9.76. The predicted molar refractivity (Wildman–Crippen MR) is 78.8 cm³/mol. The summed E-state index contributed by atoms with van der Waals surface area (Å²) in [5, 5.41) is 9.08. The number of rotatable bonds is 5. The lowest BCUT2D eigenvalue weighted by Crippen LogP contribution is -2.27. The number of aliphatic carboxylic acids is 1. The van der Waals surface area contributed by atoms with Crippen LogP contribution in [-0.4, -0.2) is 11.1 Å². The molecule has 0 radical (unpaired) electrons. The van der Waals surface area contributed by atoms with Gasteiger partial charge in [-0.15, -0.1) is 0 Å². The Morgan fingerprint density at radius 3 is 2.52 bits per heavy atom. The maximum atomic E-state index is 13.9. The van der Waals surface area contributed by atoms with Crippen molar-refractivity contribution in [3.63, 3.8) is 0 Å². The number of benzene rings is 1. The number of carboxylic acid groups (broad SMARTS) is 1. The van der Waals surface area contributed by atoms with Crippen molar-refractivity contribution in [2.24, 2.45) is 11.1 Å². The van der Waals surface area contributed by atoms with Crippen LogP contribution in [0.15, 0.2) is 16.6 Å². The summed E-state index contributed by atoms with van der Waals surface area (Å²) in [7, 11) is 0. The van der Waals surface area contributed by atoms with Crippen LogP contribution in [0.5, 0.6) is 0 Å². The molecule has 1 atom stereocenters. The van der Waals surface area contributed by atoms with Crippen LogP contribution in [-0.2, 0) is 4.79 Å². The molecular weight excluding hydrogens is 344 g/mol. The fraction of sp³-hybridized carbons (Fsp3) is 0.533. The van der Waals surface area contributed by atoms with Crippen molar-refractivity contribution in [2.45, 2.75) is 44.6 Å². The number of carbonyl (C=O) groups is 1.